The number of aromatic nitrogens is 1. The van der Waals surface area contributed by atoms with Crippen LogP contribution in [0.25, 0.3) is 0 Å². The fraction of sp³-hybridized carbons (Fsp3) is 0.182. The Morgan fingerprint density at radius 1 is 1.42 bits per heavy atom. The van der Waals surface area contributed by atoms with Crippen molar-refractivity contribution in [1.29, 1.82) is 0 Å². The monoisotopic (exact) mass is 361 g/mol. The van der Waals surface area contributed by atoms with Crippen LogP contribution in [0, 0.1) is 0 Å². The van der Waals surface area contributed by atoms with E-state index in [0.29, 0.717) is 11.0 Å². The highest BCUT2D eigenvalue weighted by molar-refractivity contribution is 9.10. The lowest BCUT2D eigenvalue weighted by atomic mass is 10.2. The molecule has 0 saturated heterocycles. The first-order valence-corrected chi connectivity index (χ1v) is 8.55. The lowest BCUT2D eigenvalue weighted by Crippen LogP contribution is -2.23. The zero-order valence-corrected chi connectivity index (χ0v) is 13.1. The van der Waals surface area contributed by atoms with E-state index >= 15 is 0 Å². The lowest BCUT2D eigenvalue weighted by Gasteiger charge is -2.09. The Labute approximate surface area is 124 Å². The van der Waals surface area contributed by atoms with E-state index in [9.17, 15) is 8.42 Å². The number of halogens is 1. The van der Waals surface area contributed by atoms with E-state index in [2.05, 4.69) is 25.6 Å². The molecule has 2 aromatic rings. The van der Waals surface area contributed by atoms with E-state index in [4.69, 9.17) is 5.73 Å². The molecule has 0 aliphatic heterocycles. The number of nitrogens with zero attached hydrogens (tertiary/aromatic N) is 1. The van der Waals surface area contributed by atoms with E-state index in [1.54, 1.807) is 29.8 Å². The summed E-state index contributed by atoms with van der Waals surface area (Å²) < 4.78 is 27.5. The molecule has 1 aromatic heterocycles. The predicted octanol–water partition coefficient (Wildman–Crippen LogP) is 1.84. The Balaban J connectivity index is 2.23. The van der Waals surface area contributed by atoms with Gasteiger partial charge in [-0.3, -0.25) is 0 Å². The van der Waals surface area contributed by atoms with Crippen molar-refractivity contribution in [3.63, 3.8) is 0 Å². The number of rotatable bonds is 5. The molecule has 0 atom stereocenters. The highest BCUT2D eigenvalue weighted by Crippen LogP contribution is 2.23. The number of hydrogen-bond donors (Lipinski definition) is 2. The minimum atomic E-state index is -3.59. The fourth-order valence-electron chi connectivity index (χ4n) is 1.46. The molecular weight excluding hydrogens is 350 g/mol. The molecule has 0 amide bonds. The van der Waals surface area contributed by atoms with E-state index in [1.807, 2.05) is 0 Å². The maximum atomic E-state index is 12.2. The third-order valence-electron chi connectivity index (χ3n) is 2.42. The Morgan fingerprint density at radius 2 is 2.21 bits per heavy atom. The number of benzene rings is 1. The molecule has 1 aromatic carbocycles. The van der Waals surface area contributed by atoms with Crippen molar-refractivity contribution >= 4 is 37.3 Å². The Morgan fingerprint density at radius 3 is 2.84 bits per heavy atom. The molecule has 0 saturated carbocycles. The lowest BCUT2D eigenvalue weighted by molar-refractivity contribution is 0.580. The maximum Gasteiger partial charge on any atom is 0.242 e. The van der Waals surface area contributed by atoms with Crippen molar-refractivity contribution in [2.24, 2.45) is 5.73 Å². The Bertz CT molecular complexity index is 657. The first-order chi connectivity index (χ1) is 9.03. The van der Waals surface area contributed by atoms with E-state index in [1.165, 1.54) is 11.3 Å². The van der Waals surface area contributed by atoms with Gasteiger partial charge in [0, 0.05) is 22.6 Å². The average Bonchev–Trinajstić information content (AvgIpc) is 2.90. The highest BCUT2D eigenvalue weighted by Gasteiger charge is 2.18. The summed E-state index contributed by atoms with van der Waals surface area (Å²) in [5.41, 5.74) is 6.29. The standard InChI is InChI=1S/C11H12BrN3O2S2/c12-9-2-1-8(6-13)5-10(9)19(16,17)15-7-11-14-3-4-18-11/h1-5,15H,6-7,13H2. The molecule has 0 bridgehead atoms. The molecule has 1 heterocycles. The summed E-state index contributed by atoms with van der Waals surface area (Å²) in [4.78, 5) is 4.22. The van der Waals surface area contributed by atoms with Gasteiger partial charge in [0.1, 0.15) is 5.01 Å². The third kappa shape index (κ3) is 3.61. The highest BCUT2D eigenvalue weighted by atomic mass is 79.9. The van der Waals surface area contributed by atoms with Gasteiger partial charge in [-0.15, -0.1) is 11.3 Å². The topological polar surface area (TPSA) is 85.1 Å². The van der Waals surface area contributed by atoms with Gasteiger partial charge >= 0.3 is 0 Å². The summed E-state index contributed by atoms with van der Waals surface area (Å²) in [5.74, 6) is 0. The smallest absolute Gasteiger partial charge is 0.242 e. The fourth-order valence-corrected chi connectivity index (χ4v) is 4.10. The SMILES string of the molecule is NCc1ccc(Br)c(S(=O)(=O)NCc2nccs2)c1. The Hall–Kier alpha value is -0.800. The molecule has 0 unspecified atom stereocenters. The van der Waals surface area contributed by atoms with E-state index in [-0.39, 0.29) is 11.4 Å². The molecule has 0 aliphatic carbocycles. The maximum absolute atomic E-state index is 12.2. The molecule has 0 spiro atoms. The molecular formula is C11H12BrN3O2S2. The van der Waals surface area contributed by atoms with Crippen LogP contribution in [-0.4, -0.2) is 13.4 Å². The first kappa shape index (κ1) is 14.6. The zero-order valence-electron chi connectivity index (χ0n) is 9.84. The van der Waals surface area contributed by atoms with Crippen LogP contribution in [0.3, 0.4) is 0 Å². The van der Waals surface area contributed by atoms with Crippen molar-refractivity contribution in [3.8, 4) is 0 Å². The minimum Gasteiger partial charge on any atom is -0.326 e. The number of nitrogens with one attached hydrogen (secondary N) is 1. The Kier molecular flexibility index (Phi) is 4.69. The van der Waals surface area contributed by atoms with Crippen LogP contribution < -0.4 is 10.5 Å². The van der Waals surface area contributed by atoms with Crippen molar-refractivity contribution in [1.82, 2.24) is 9.71 Å². The van der Waals surface area contributed by atoms with Gasteiger partial charge in [0.2, 0.25) is 10.0 Å². The summed E-state index contributed by atoms with van der Waals surface area (Å²) in [6.45, 7) is 0.474. The zero-order chi connectivity index (χ0) is 13.9. The molecule has 0 aliphatic rings. The van der Waals surface area contributed by atoms with Crippen LogP contribution in [0.5, 0.6) is 0 Å². The molecule has 8 heteroatoms. The van der Waals surface area contributed by atoms with Crippen LogP contribution in [0.2, 0.25) is 0 Å². The molecule has 5 nitrogen and oxygen atoms in total. The summed E-state index contributed by atoms with van der Waals surface area (Å²) >= 11 is 4.64. The molecule has 19 heavy (non-hydrogen) atoms. The molecule has 102 valence electrons. The normalized spacial score (nSPS) is 11.7. The summed E-state index contributed by atoms with van der Waals surface area (Å²) in [5, 5.41) is 2.52. The van der Waals surface area contributed by atoms with Crippen molar-refractivity contribution < 1.29 is 8.42 Å². The van der Waals surface area contributed by atoms with Crippen molar-refractivity contribution in [2.45, 2.75) is 18.0 Å². The number of nitrogens with two attached hydrogens (primary N) is 1. The van der Waals surface area contributed by atoms with Crippen LogP contribution >= 0.6 is 27.3 Å². The van der Waals surface area contributed by atoms with Gasteiger partial charge < -0.3 is 5.73 Å². The largest absolute Gasteiger partial charge is 0.326 e. The summed E-state index contributed by atoms with van der Waals surface area (Å²) in [6.07, 6.45) is 1.64. The second-order valence-corrected chi connectivity index (χ2v) is 7.29. The van der Waals surface area contributed by atoms with Crippen LogP contribution in [0.1, 0.15) is 10.6 Å². The summed E-state index contributed by atoms with van der Waals surface area (Å²) in [6, 6.07) is 5.03. The van der Waals surface area contributed by atoms with E-state index < -0.39 is 10.0 Å². The molecule has 0 fully saturated rings. The third-order valence-corrected chi connectivity index (χ3v) is 5.59. The van der Waals surface area contributed by atoms with Crippen LogP contribution in [-0.2, 0) is 23.1 Å². The molecule has 3 N–H and O–H groups in total. The average molecular weight is 362 g/mol. The van der Waals surface area contributed by atoms with Crippen molar-refractivity contribution in [3.05, 3.63) is 44.8 Å². The van der Waals surface area contributed by atoms with Crippen LogP contribution in [0.4, 0.5) is 0 Å². The molecule has 0 radical (unpaired) electrons. The number of sulfonamides is 1. The van der Waals surface area contributed by atoms with Gasteiger partial charge in [0.15, 0.2) is 0 Å². The van der Waals surface area contributed by atoms with Gasteiger partial charge in [0.05, 0.1) is 11.4 Å². The molecule has 2 rings (SSSR count). The second-order valence-electron chi connectivity index (χ2n) is 3.72. The quantitative estimate of drug-likeness (QED) is 0.850. The van der Waals surface area contributed by atoms with E-state index in [0.717, 1.165) is 10.6 Å². The predicted molar refractivity (Wildman–Crippen MR) is 78.2 cm³/mol. The second kappa shape index (κ2) is 6.10. The van der Waals surface area contributed by atoms with Gasteiger partial charge in [0.25, 0.3) is 0 Å². The van der Waals surface area contributed by atoms with Gasteiger partial charge in [-0.2, -0.15) is 0 Å². The first-order valence-electron chi connectivity index (χ1n) is 5.39. The van der Waals surface area contributed by atoms with Crippen LogP contribution in [0.15, 0.2) is 39.1 Å². The summed E-state index contributed by atoms with van der Waals surface area (Å²) in [7, 11) is -3.59. The minimum absolute atomic E-state index is 0.180. The van der Waals surface area contributed by atoms with Crippen molar-refractivity contribution in [2.75, 3.05) is 0 Å². The van der Waals surface area contributed by atoms with Gasteiger partial charge in [-0.05, 0) is 33.6 Å². The number of hydrogen-bond acceptors (Lipinski definition) is 5. The number of thiazole rings is 1. The van der Waals surface area contributed by atoms with Gasteiger partial charge in [-0.1, -0.05) is 6.07 Å². The van der Waals surface area contributed by atoms with Gasteiger partial charge in [-0.25, -0.2) is 18.1 Å².